The molecule has 6 rings (SSSR count). The topological polar surface area (TPSA) is 168 Å². The normalized spacial score (nSPS) is 18.6. The highest BCUT2D eigenvalue weighted by atomic mass is 35.5. The van der Waals surface area contributed by atoms with Crippen LogP contribution in [0.3, 0.4) is 0 Å². The quantitative estimate of drug-likeness (QED) is 0.200. The summed E-state index contributed by atoms with van der Waals surface area (Å²) in [6.07, 6.45) is 3.71. The largest absolute Gasteiger partial charge is 0.370 e. The van der Waals surface area contributed by atoms with E-state index in [4.69, 9.17) is 10.5 Å². The number of ether oxygens (including phenoxy) is 1. The maximum atomic E-state index is 13.6. The predicted molar refractivity (Wildman–Crippen MR) is 181 cm³/mol. The molecule has 1 saturated carbocycles. The zero-order chi connectivity index (χ0) is 31.9. The molecule has 1 atom stereocenters. The van der Waals surface area contributed by atoms with Crippen molar-refractivity contribution in [3.8, 4) is 22.5 Å². The van der Waals surface area contributed by atoms with Crippen molar-refractivity contribution in [3.63, 3.8) is 0 Å². The summed E-state index contributed by atoms with van der Waals surface area (Å²) in [5.41, 5.74) is 11.0. The number of amides is 3. The van der Waals surface area contributed by atoms with Gasteiger partial charge >= 0.3 is 0 Å². The second-order valence-corrected chi connectivity index (χ2v) is 11.9. The van der Waals surface area contributed by atoms with Gasteiger partial charge in [0.25, 0.3) is 5.91 Å². The van der Waals surface area contributed by atoms with Crippen LogP contribution in [0, 0.1) is 11.8 Å². The van der Waals surface area contributed by atoms with Gasteiger partial charge in [-0.3, -0.25) is 14.4 Å². The number of aromatic amines is 1. The number of morpholine rings is 1. The Kier molecular flexibility index (Phi) is 11.3. The highest BCUT2D eigenvalue weighted by molar-refractivity contribution is 5.98. The fraction of sp³-hybridized carbons (Fsp3) is 0.353. The smallest absolute Gasteiger partial charge is 0.253 e. The van der Waals surface area contributed by atoms with Crippen LogP contribution in [-0.4, -0.2) is 70.7 Å². The third-order valence-electron chi connectivity index (χ3n) is 8.83. The van der Waals surface area contributed by atoms with Crippen molar-refractivity contribution in [2.24, 2.45) is 17.6 Å². The van der Waals surface area contributed by atoms with Crippen LogP contribution in [0.4, 0.5) is 11.4 Å². The van der Waals surface area contributed by atoms with Crippen molar-refractivity contribution >= 4 is 41.5 Å². The number of halogens is 1. The van der Waals surface area contributed by atoms with Crippen LogP contribution in [0.25, 0.3) is 22.5 Å². The lowest BCUT2D eigenvalue weighted by Crippen LogP contribution is -2.48. The van der Waals surface area contributed by atoms with Gasteiger partial charge in [-0.25, -0.2) is 0 Å². The van der Waals surface area contributed by atoms with Gasteiger partial charge < -0.3 is 26.0 Å². The molecule has 3 aromatic carbocycles. The number of carbonyl (C=O) groups excluding carboxylic acids is 3. The molecule has 1 aromatic heterocycles. The Balaban J connectivity index is 0.00000433. The molecule has 4 aromatic rings. The molecule has 0 unspecified atom stereocenters. The van der Waals surface area contributed by atoms with Crippen molar-refractivity contribution < 1.29 is 19.1 Å². The van der Waals surface area contributed by atoms with E-state index in [1.54, 1.807) is 29.2 Å². The van der Waals surface area contributed by atoms with Crippen LogP contribution in [0.1, 0.15) is 31.2 Å². The molecule has 3 amide bonds. The summed E-state index contributed by atoms with van der Waals surface area (Å²) in [7, 11) is 0. The standard InChI is InChI=1S/C34H38N8O4.ClH/c35-20-23-3-7-27(8-4-23)33(44)37-30(34(45)36-28-13-9-26(10-14-28)32-38-40-41-39-32)19-22-1-5-24(6-2-22)25-11-15-29(16-12-25)42-17-18-46-21-31(42)43;/h1-2,5-6,9-16,23,27,30H,3-4,7-8,17-21,35H2,(H,36,45)(H,37,44)(H,38,39,40,41);1H/t23-,27-,30-;/m0./s1. The highest BCUT2D eigenvalue weighted by Crippen LogP contribution is 2.29. The molecule has 2 fully saturated rings. The van der Waals surface area contributed by atoms with Crippen LogP contribution >= 0.6 is 12.4 Å². The Bertz CT molecular complexity index is 1620. The maximum Gasteiger partial charge on any atom is 0.253 e. The lowest BCUT2D eigenvalue weighted by atomic mass is 9.81. The van der Waals surface area contributed by atoms with E-state index in [0.29, 0.717) is 43.5 Å². The molecule has 1 saturated heterocycles. The number of hydrogen-bond donors (Lipinski definition) is 4. The summed E-state index contributed by atoms with van der Waals surface area (Å²) in [4.78, 5) is 40.9. The summed E-state index contributed by atoms with van der Waals surface area (Å²) in [5.74, 6) is 0.338. The molecule has 2 aliphatic rings. The number of tetrazole rings is 1. The molecule has 0 spiro atoms. The van der Waals surface area contributed by atoms with Crippen molar-refractivity contribution in [3.05, 3.63) is 78.4 Å². The monoisotopic (exact) mass is 658 g/mol. The number of H-pyrrole nitrogens is 1. The third kappa shape index (κ3) is 8.39. The van der Waals surface area contributed by atoms with Gasteiger partial charge in [0, 0.05) is 35.8 Å². The number of nitrogens with one attached hydrogen (secondary N) is 3. The number of hydrogen-bond acceptors (Lipinski definition) is 8. The van der Waals surface area contributed by atoms with E-state index in [9.17, 15) is 14.4 Å². The van der Waals surface area contributed by atoms with E-state index in [-0.39, 0.29) is 42.7 Å². The number of nitrogens with zero attached hydrogens (tertiary/aromatic N) is 4. The molecule has 13 heteroatoms. The number of nitrogens with two attached hydrogens (primary N) is 1. The summed E-state index contributed by atoms with van der Waals surface area (Å²) in [6, 6.07) is 22.2. The minimum Gasteiger partial charge on any atom is -0.370 e. The van der Waals surface area contributed by atoms with Crippen LogP contribution in [0.15, 0.2) is 72.8 Å². The highest BCUT2D eigenvalue weighted by Gasteiger charge is 2.29. The number of anilines is 2. The lowest BCUT2D eigenvalue weighted by molar-refractivity contribution is -0.130. The van der Waals surface area contributed by atoms with Crippen LogP contribution < -0.4 is 21.3 Å². The van der Waals surface area contributed by atoms with Gasteiger partial charge in [-0.05, 0) is 96.4 Å². The van der Waals surface area contributed by atoms with E-state index in [1.165, 1.54) is 0 Å². The van der Waals surface area contributed by atoms with Gasteiger partial charge in [0.15, 0.2) is 0 Å². The van der Waals surface area contributed by atoms with Crippen molar-refractivity contribution in [1.29, 1.82) is 0 Å². The van der Waals surface area contributed by atoms with Crippen LogP contribution in [0.2, 0.25) is 0 Å². The summed E-state index contributed by atoms with van der Waals surface area (Å²) < 4.78 is 5.24. The first-order valence-corrected chi connectivity index (χ1v) is 15.7. The first-order valence-electron chi connectivity index (χ1n) is 15.7. The summed E-state index contributed by atoms with van der Waals surface area (Å²) in [5, 5.41) is 20.0. The average molecular weight is 659 g/mol. The maximum absolute atomic E-state index is 13.6. The van der Waals surface area contributed by atoms with E-state index in [2.05, 4.69) is 31.3 Å². The van der Waals surface area contributed by atoms with Gasteiger partial charge in [-0.15, -0.1) is 22.6 Å². The molecule has 0 radical (unpaired) electrons. The second kappa shape index (κ2) is 15.8. The number of aromatic nitrogens is 4. The Morgan fingerprint density at radius 3 is 2.21 bits per heavy atom. The van der Waals surface area contributed by atoms with E-state index < -0.39 is 6.04 Å². The summed E-state index contributed by atoms with van der Waals surface area (Å²) >= 11 is 0. The number of carbonyl (C=O) groups is 3. The van der Waals surface area contributed by atoms with Gasteiger partial charge in [0.05, 0.1) is 6.61 Å². The zero-order valence-electron chi connectivity index (χ0n) is 25.9. The Labute approximate surface area is 279 Å². The minimum atomic E-state index is -0.771. The molecule has 1 aliphatic carbocycles. The van der Waals surface area contributed by atoms with Crippen molar-refractivity contribution in [2.45, 2.75) is 38.1 Å². The molecule has 2 heterocycles. The molecular weight excluding hydrogens is 620 g/mol. The Hall–Kier alpha value is -4.65. The van der Waals surface area contributed by atoms with E-state index in [0.717, 1.165) is 53.6 Å². The van der Waals surface area contributed by atoms with E-state index in [1.807, 2.05) is 48.5 Å². The van der Waals surface area contributed by atoms with Crippen molar-refractivity contribution in [2.75, 3.05) is 36.5 Å². The first kappa shape index (κ1) is 33.7. The first-order chi connectivity index (χ1) is 22.5. The lowest BCUT2D eigenvalue weighted by Gasteiger charge is -2.28. The number of rotatable bonds is 10. The van der Waals surface area contributed by atoms with E-state index >= 15 is 0 Å². The fourth-order valence-corrected chi connectivity index (χ4v) is 6.07. The predicted octanol–water partition coefficient (Wildman–Crippen LogP) is 3.75. The van der Waals surface area contributed by atoms with Gasteiger partial charge in [0.1, 0.15) is 12.6 Å². The van der Waals surface area contributed by atoms with Crippen LogP contribution in [-0.2, 0) is 25.5 Å². The SMILES string of the molecule is Cl.NC[C@H]1CC[C@H](C(=O)N[C@@H](Cc2ccc(-c3ccc(N4CCOCC4=O)cc3)cc2)C(=O)Nc2ccc(-c3nn[nH]n3)cc2)CC1. The third-order valence-corrected chi connectivity index (χ3v) is 8.83. The minimum absolute atomic E-state index is 0. The molecule has 1 aliphatic heterocycles. The molecule has 0 bridgehead atoms. The molecule has 246 valence electrons. The molecule has 5 N–H and O–H groups in total. The Morgan fingerprint density at radius 1 is 0.936 bits per heavy atom. The van der Waals surface area contributed by atoms with Gasteiger partial charge in [-0.2, -0.15) is 5.21 Å². The van der Waals surface area contributed by atoms with Gasteiger partial charge in [-0.1, -0.05) is 36.4 Å². The summed E-state index contributed by atoms with van der Waals surface area (Å²) in [6.45, 7) is 1.81. The fourth-order valence-electron chi connectivity index (χ4n) is 6.07. The molecule has 12 nitrogen and oxygen atoms in total. The second-order valence-electron chi connectivity index (χ2n) is 11.9. The zero-order valence-corrected chi connectivity index (χ0v) is 26.7. The Morgan fingerprint density at radius 2 is 1.60 bits per heavy atom. The van der Waals surface area contributed by atoms with Crippen molar-refractivity contribution in [1.82, 2.24) is 25.9 Å². The number of benzene rings is 3. The molecular formula is C34H39ClN8O4. The molecule has 47 heavy (non-hydrogen) atoms. The average Bonchev–Trinajstić information content (AvgIpc) is 3.64. The van der Waals surface area contributed by atoms with Crippen LogP contribution in [0.5, 0.6) is 0 Å². The van der Waals surface area contributed by atoms with Gasteiger partial charge in [0.2, 0.25) is 17.6 Å².